The van der Waals surface area contributed by atoms with Crippen molar-refractivity contribution < 1.29 is 19.0 Å². The number of methoxy groups -OCH3 is 3. The minimum Gasteiger partial charge on any atom is -0.493 e. The van der Waals surface area contributed by atoms with Crippen LogP contribution in [0.5, 0.6) is 17.2 Å². The second-order valence-electron chi connectivity index (χ2n) is 6.62. The van der Waals surface area contributed by atoms with Crippen molar-refractivity contribution in [2.75, 3.05) is 21.3 Å². The number of fused-ring (bicyclic) bond motifs is 1. The van der Waals surface area contributed by atoms with Crippen molar-refractivity contribution in [3.63, 3.8) is 0 Å². The van der Waals surface area contributed by atoms with Crippen LogP contribution in [0.15, 0.2) is 41.2 Å². The Bertz CT molecular complexity index is 1390. The Morgan fingerprint density at radius 3 is 2.31 bits per heavy atom. The van der Waals surface area contributed by atoms with Crippen LogP contribution >= 0.6 is 11.6 Å². The standard InChI is InChI=1S/C21H18ClN5O5/c1-30-13-7-10(8-14(31-2)17(13)32-3)19-24-15(18(23)28)16-20(26-19)27(21(29)25-16)12-6-4-5-11(22)9-12/h4-9H,1-3H3,(H2,23,28)(H,25,29). The van der Waals surface area contributed by atoms with E-state index < -0.39 is 11.6 Å². The van der Waals surface area contributed by atoms with Gasteiger partial charge in [-0.05, 0) is 30.3 Å². The van der Waals surface area contributed by atoms with Crippen LogP contribution in [0.1, 0.15) is 10.5 Å². The monoisotopic (exact) mass is 455 g/mol. The fourth-order valence-electron chi connectivity index (χ4n) is 3.36. The van der Waals surface area contributed by atoms with Crippen molar-refractivity contribution in [1.29, 1.82) is 0 Å². The van der Waals surface area contributed by atoms with Gasteiger partial charge in [-0.3, -0.25) is 4.79 Å². The molecule has 32 heavy (non-hydrogen) atoms. The first-order valence-electron chi connectivity index (χ1n) is 9.26. The molecular formula is C21H18ClN5O5. The summed E-state index contributed by atoms with van der Waals surface area (Å²) in [6.07, 6.45) is 0. The average Bonchev–Trinajstić information content (AvgIpc) is 3.12. The number of benzene rings is 2. The van der Waals surface area contributed by atoms with Crippen LogP contribution in [-0.2, 0) is 0 Å². The Morgan fingerprint density at radius 2 is 1.75 bits per heavy atom. The molecule has 0 bridgehead atoms. The molecule has 2 aromatic heterocycles. The summed E-state index contributed by atoms with van der Waals surface area (Å²) in [5, 5.41) is 0.429. The van der Waals surface area contributed by atoms with Crippen LogP contribution in [0.25, 0.3) is 28.2 Å². The molecule has 0 unspecified atom stereocenters. The largest absolute Gasteiger partial charge is 0.493 e. The summed E-state index contributed by atoms with van der Waals surface area (Å²) in [6, 6.07) is 9.91. The number of nitrogens with zero attached hydrogens (tertiary/aromatic N) is 3. The van der Waals surface area contributed by atoms with Crippen LogP contribution in [0.2, 0.25) is 5.02 Å². The molecule has 0 aliphatic rings. The van der Waals surface area contributed by atoms with E-state index in [2.05, 4.69) is 15.0 Å². The van der Waals surface area contributed by atoms with Gasteiger partial charge in [-0.15, -0.1) is 0 Å². The smallest absolute Gasteiger partial charge is 0.332 e. The zero-order valence-electron chi connectivity index (χ0n) is 17.3. The Labute approximate surface area is 186 Å². The van der Waals surface area contributed by atoms with E-state index in [1.54, 1.807) is 36.4 Å². The first-order valence-corrected chi connectivity index (χ1v) is 9.64. The van der Waals surface area contributed by atoms with Gasteiger partial charge >= 0.3 is 5.69 Å². The van der Waals surface area contributed by atoms with Gasteiger partial charge in [0.05, 0.1) is 27.0 Å². The van der Waals surface area contributed by atoms with Crippen LogP contribution in [0.4, 0.5) is 0 Å². The minimum atomic E-state index is -0.828. The number of nitrogens with two attached hydrogens (primary N) is 1. The van der Waals surface area contributed by atoms with E-state index in [0.29, 0.717) is 33.5 Å². The lowest BCUT2D eigenvalue weighted by atomic mass is 10.1. The van der Waals surface area contributed by atoms with E-state index in [4.69, 9.17) is 31.5 Å². The number of carbonyl (C=O) groups excluding carboxylic acids is 1. The highest BCUT2D eigenvalue weighted by Crippen LogP contribution is 2.40. The lowest BCUT2D eigenvalue weighted by Gasteiger charge is -2.14. The SMILES string of the molecule is COc1cc(-c2nc(C(N)=O)c3[nH]c(=O)n(-c4cccc(Cl)c4)c3n2)cc(OC)c1OC. The molecule has 4 rings (SSSR count). The summed E-state index contributed by atoms with van der Waals surface area (Å²) >= 11 is 6.10. The Morgan fingerprint density at radius 1 is 1.06 bits per heavy atom. The third-order valence-electron chi connectivity index (χ3n) is 4.76. The zero-order chi connectivity index (χ0) is 23.0. The lowest BCUT2D eigenvalue weighted by Crippen LogP contribution is -2.15. The Balaban J connectivity index is 2.05. The summed E-state index contributed by atoms with van der Waals surface area (Å²) < 4.78 is 17.4. The molecule has 11 heteroatoms. The van der Waals surface area contributed by atoms with E-state index in [9.17, 15) is 9.59 Å². The van der Waals surface area contributed by atoms with Crippen LogP contribution in [-0.4, -0.2) is 46.8 Å². The molecule has 4 aromatic rings. The fraction of sp³-hybridized carbons (Fsp3) is 0.143. The highest BCUT2D eigenvalue weighted by atomic mass is 35.5. The molecule has 0 fully saturated rings. The van der Waals surface area contributed by atoms with Crippen molar-refractivity contribution in [2.45, 2.75) is 0 Å². The maximum atomic E-state index is 12.7. The molecule has 0 aliphatic carbocycles. The number of aromatic nitrogens is 4. The van der Waals surface area contributed by atoms with E-state index >= 15 is 0 Å². The van der Waals surface area contributed by atoms with Gasteiger partial charge in [0.25, 0.3) is 5.91 Å². The number of H-pyrrole nitrogens is 1. The average molecular weight is 456 g/mol. The predicted octanol–water partition coefficient (Wildman–Crippen LogP) is 2.55. The summed E-state index contributed by atoms with van der Waals surface area (Å²) in [7, 11) is 4.43. The number of imidazole rings is 1. The van der Waals surface area contributed by atoms with Crippen molar-refractivity contribution in [3.8, 4) is 34.3 Å². The molecule has 2 heterocycles. The molecule has 0 aliphatic heterocycles. The summed E-state index contributed by atoms with van der Waals surface area (Å²) in [5.74, 6) is 0.415. The molecule has 1 amide bonds. The molecule has 0 spiro atoms. The number of hydrogen-bond acceptors (Lipinski definition) is 7. The third-order valence-corrected chi connectivity index (χ3v) is 4.99. The third kappa shape index (κ3) is 3.50. The molecular weight excluding hydrogens is 438 g/mol. The normalized spacial score (nSPS) is 10.9. The van der Waals surface area contributed by atoms with E-state index in [-0.39, 0.29) is 22.7 Å². The van der Waals surface area contributed by atoms with Gasteiger partial charge in [-0.1, -0.05) is 17.7 Å². The molecule has 10 nitrogen and oxygen atoms in total. The van der Waals surface area contributed by atoms with Crippen LogP contribution in [0.3, 0.4) is 0 Å². The second-order valence-corrected chi connectivity index (χ2v) is 7.05. The van der Waals surface area contributed by atoms with E-state index in [1.165, 1.54) is 25.9 Å². The number of rotatable bonds is 6. The second kappa shape index (κ2) is 8.23. The number of amides is 1. The molecule has 0 saturated heterocycles. The Kier molecular flexibility index (Phi) is 5.45. The van der Waals surface area contributed by atoms with Crippen molar-refractivity contribution in [2.24, 2.45) is 5.73 Å². The van der Waals surface area contributed by atoms with Gasteiger partial charge < -0.3 is 24.9 Å². The number of aromatic amines is 1. The molecule has 164 valence electrons. The maximum Gasteiger partial charge on any atom is 0.332 e. The predicted molar refractivity (Wildman–Crippen MR) is 118 cm³/mol. The molecule has 3 N–H and O–H groups in total. The van der Waals surface area contributed by atoms with Crippen molar-refractivity contribution >= 4 is 28.7 Å². The van der Waals surface area contributed by atoms with E-state index in [1.807, 2.05) is 0 Å². The number of carbonyl (C=O) groups is 1. The Hall–Kier alpha value is -4.05. The molecule has 0 radical (unpaired) electrons. The van der Waals surface area contributed by atoms with Gasteiger partial charge in [0, 0.05) is 10.6 Å². The number of halogens is 1. The van der Waals surface area contributed by atoms with Crippen molar-refractivity contribution in [1.82, 2.24) is 19.5 Å². The van der Waals surface area contributed by atoms with Gasteiger partial charge in [0.15, 0.2) is 28.7 Å². The van der Waals surface area contributed by atoms with Crippen LogP contribution < -0.4 is 25.6 Å². The molecule has 0 saturated carbocycles. The molecule has 0 atom stereocenters. The quantitative estimate of drug-likeness (QED) is 0.456. The minimum absolute atomic E-state index is 0.110. The number of hydrogen-bond donors (Lipinski definition) is 2. The van der Waals surface area contributed by atoms with Gasteiger partial charge in [-0.25, -0.2) is 19.3 Å². The van der Waals surface area contributed by atoms with Gasteiger partial charge in [0.2, 0.25) is 5.75 Å². The molecule has 2 aromatic carbocycles. The van der Waals surface area contributed by atoms with Crippen molar-refractivity contribution in [3.05, 3.63) is 57.6 Å². The number of primary amides is 1. The zero-order valence-corrected chi connectivity index (χ0v) is 18.1. The first kappa shape index (κ1) is 21.2. The first-order chi connectivity index (χ1) is 15.4. The van der Waals surface area contributed by atoms with E-state index in [0.717, 1.165) is 0 Å². The van der Waals surface area contributed by atoms with Crippen LogP contribution in [0, 0.1) is 0 Å². The van der Waals surface area contributed by atoms with Gasteiger partial charge in [-0.2, -0.15) is 0 Å². The van der Waals surface area contributed by atoms with Gasteiger partial charge in [0.1, 0.15) is 5.52 Å². The number of nitrogens with one attached hydrogen (secondary N) is 1. The number of ether oxygens (including phenoxy) is 3. The summed E-state index contributed by atoms with van der Waals surface area (Å²) in [6.45, 7) is 0. The summed E-state index contributed by atoms with van der Waals surface area (Å²) in [5.41, 5.74) is 6.07. The topological polar surface area (TPSA) is 134 Å². The maximum absolute atomic E-state index is 12.7. The summed E-state index contributed by atoms with van der Waals surface area (Å²) in [4.78, 5) is 36.4. The lowest BCUT2D eigenvalue weighted by molar-refractivity contribution is 0.0997. The highest BCUT2D eigenvalue weighted by molar-refractivity contribution is 6.30. The fourth-order valence-corrected chi connectivity index (χ4v) is 3.54. The highest BCUT2D eigenvalue weighted by Gasteiger charge is 2.22.